The zero-order valence-corrected chi connectivity index (χ0v) is 10.0. The summed E-state index contributed by atoms with van der Waals surface area (Å²) in [6.45, 7) is -0.000356. The highest BCUT2D eigenvalue weighted by molar-refractivity contribution is 6.02. The molecule has 1 amide bonds. The fourth-order valence-corrected chi connectivity index (χ4v) is 1.44. The van der Waals surface area contributed by atoms with Crippen LogP contribution in [0.4, 0.5) is 5.69 Å². The third-order valence-electron chi connectivity index (χ3n) is 2.31. The molecule has 2 aromatic rings. The van der Waals surface area contributed by atoms with Crippen molar-refractivity contribution in [2.24, 2.45) is 0 Å². The molecule has 0 aliphatic heterocycles. The molecule has 94 valence electrons. The van der Waals surface area contributed by atoms with Crippen molar-refractivity contribution in [3.05, 3.63) is 54.4 Å². The Morgan fingerprint density at radius 1 is 1.26 bits per heavy atom. The van der Waals surface area contributed by atoms with E-state index < -0.39 is 0 Å². The van der Waals surface area contributed by atoms with E-state index in [0.717, 1.165) is 0 Å². The molecule has 0 unspecified atom stereocenters. The van der Waals surface area contributed by atoms with Gasteiger partial charge in [-0.05, 0) is 36.4 Å². The topological polar surface area (TPSA) is 75.0 Å². The molecule has 0 spiro atoms. The third-order valence-corrected chi connectivity index (χ3v) is 2.31. The second kappa shape index (κ2) is 6.17. The Kier molecular flexibility index (Phi) is 4.09. The molecule has 0 fully saturated rings. The molecule has 19 heavy (non-hydrogen) atoms. The van der Waals surface area contributed by atoms with Gasteiger partial charge in [0.05, 0.1) is 0 Å². The van der Waals surface area contributed by atoms with Crippen LogP contribution in [-0.4, -0.2) is 17.5 Å². The van der Waals surface area contributed by atoms with Gasteiger partial charge in [0, 0.05) is 11.9 Å². The van der Waals surface area contributed by atoms with E-state index in [1.165, 1.54) is 0 Å². The molecule has 0 atom stereocenters. The molecule has 1 aromatic heterocycles. The first-order valence-corrected chi connectivity index (χ1v) is 5.62. The minimum Gasteiger partial charge on any atom is -0.479 e. The van der Waals surface area contributed by atoms with Crippen LogP contribution in [0.15, 0.2) is 48.7 Å². The maximum atomic E-state index is 11.8. The predicted molar refractivity (Wildman–Crippen MR) is 69.7 cm³/mol. The summed E-state index contributed by atoms with van der Waals surface area (Å²) < 4.78 is 5.11. The number of nitrogens with zero attached hydrogens (tertiary/aromatic N) is 2. The van der Waals surface area contributed by atoms with Crippen molar-refractivity contribution in [1.29, 1.82) is 5.26 Å². The number of hydrogen-bond acceptors (Lipinski definition) is 4. The number of nitrogens with one attached hydrogen (secondary N) is 1. The fourth-order valence-electron chi connectivity index (χ4n) is 1.44. The van der Waals surface area contributed by atoms with Crippen molar-refractivity contribution in [3.63, 3.8) is 0 Å². The zero-order valence-electron chi connectivity index (χ0n) is 10.0. The van der Waals surface area contributed by atoms with Crippen LogP contribution in [0.25, 0.3) is 0 Å². The van der Waals surface area contributed by atoms with Gasteiger partial charge in [0.1, 0.15) is 17.5 Å². The summed E-state index contributed by atoms with van der Waals surface area (Å²) in [4.78, 5) is 15.8. The number of carbonyl (C=O) groups is 1. The summed E-state index contributed by atoms with van der Waals surface area (Å²) in [5, 5.41) is 11.1. The molecule has 5 nitrogen and oxygen atoms in total. The Balaban J connectivity index is 2.00. The first kappa shape index (κ1) is 12.6. The summed E-state index contributed by atoms with van der Waals surface area (Å²) >= 11 is 0. The van der Waals surface area contributed by atoms with E-state index >= 15 is 0 Å². The van der Waals surface area contributed by atoms with Gasteiger partial charge in [-0.2, -0.15) is 5.26 Å². The number of pyridine rings is 1. The molecule has 2 rings (SSSR count). The van der Waals surface area contributed by atoms with Crippen LogP contribution in [0.1, 0.15) is 10.5 Å². The molecule has 0 aliphatic carbocycles. The summed E-state index contributed by atoms with van der Waals surface area (Å²) in [5.41, 5.74) is 0.993. The summed E-state index contributed by atoms with van der Waals surface area (Å²) in [6.07, 6.45) is 1.56. The van der Waals surface area contributed by atoms with Gasteiger partial charge < -0.3 is 10.1 Å². The Morgan fingerprint density at radius 2 is 2.05 bits per heavy atom. The number of benzene rings is 1. The van der Waals surface area contributed by atoms with E-state index in [1.54, 1.807) is 48.7 Å². The molecular formula is C14H11N3O2. The largest absolute Gasteiger partial charge is 0.479 e. The second-order valence-electron chi connectivity index (χ2n) is 3.64. The number of hydrogen-bond donors (Lipinski definition) is 1. The lowest BCUT2D eigenvalue weighted by molar-refractivity contribution is 0.102. The Bertz CT molecular complexity index is 588. The number of rotatable bonds is 4. The minimum absolute atomic E-state index is 0.000356. The van der Waals surface area contributed by atoms with Gasteiger partial charge in [-0.1, -0.05) is 6.07 Å². The van der Waals surface area contributed by atoms with E-state index in [2.05, 4.69) is 10.3 Å². The second-order valence-corrected chi connectivity index (χ2v) is 3.64. The smallest absolute Gasteiger partial charge is 0.274 e. The zero-order chi connectivity index (χ0) is 13.5. The van der Waals surface area contributed by atoms with Crippen LogP contribution in [0, 0.1) is 11.3 Å². The van der Waals surface area contributed by atoms with Crippen LogP contribution in [0.2, 0.25) is 0 Å². The maximum Gasteiger partial charge on any atom is 0.274 e. The van der Waals surface area contributed by atoms with Gasteiger partial charge in [-0.25, -0.2) is 0 Å². The van der Waals surface area contributed by atoms with Gasteiger partial charge in [0.2, 0.25) is 0 Å². The number of ether oxygens (including phenoxy) is 1. The van der Waals surface area contributed by atoms with Crippen LogP contribution in [0.3, 0.4) is 0 Å². The van der Waals surface area contributed by atoms with Gasteiger partial charge in [-0.3, -0.25) is 9.78 Å². The van der Waals surface area contributed by atoms with Crippen LogP contribution >= 0.6 is 0 Å². The Hall–Kier alpha value is -2.87. The quantitative estimate of drug-likeness (QED) is 0.906. The van der Waals surface area contributed by atoms with E-state index in [1.807, 2.05) is 6.07 Å². The minimum atomic E-state index is -0.272. The number of nitriles is 1. The third kappa shape index (κ3) is 3.54. The van der Waals surface area contributed by atoms with Gasteiger partial charge in [0.15, 0.2) is 6.61 Å². The molecular weight excluding hydrogens is 242 g/mol. The number of amides is 1. The van der Waals surface area contributed by atoms with Crippen LogP contribution in [-0.2, 0) is 0 Å². The molecule has 1 aromatic carbocycles. The molecule has 0 aliphatic rings. The normalized spacial score (nSPS) is 9.42. The van der Waals surface area contributed by atoms with Crippen molar-refractivity contribution in [2.45, 2.75) is 0 Å². The van der Waals surface area contributed by atoms with Crippen molar-refractivity contribution in [3.8, 4) is 11.8 Å². The number of anilines is 1. The summed E-state index contributed by atoms with van der Waals surface area (Å²) in [6, 6.07) is 13.8. The maximum absolute atomic E-state index is 11.8. The van der Waals surface area contributed by atoms with Crippen molar-refractivity contribution >= 4 is 11.6 Å². The molecule has 0 bridgehead atoms. The lowest BCUT2D eigenvalue weighted by atomic mass is 10.3. The molecule has 1 N–H and O–H groups in total. The molecule has 0 saturated carbocycles. The van der Waals surface area contributed by atoms with Gasteiger partial charge in [-0.15, -0.1) is 0 Å². The summed E-state index contributed by atoms with van der Waals surface area (Å²) in [5.74, 6) is 0.309. The Labute approximate surface area is 110 Å². The fraction of sp³-hybridized carbons (Fsp3) is 0.0714. The molecule has 0 saturated heterocycles. The molecule has 1 heterocycles. The summed E-state index contributed by atoms with van der Waals surface area (Å²) in [7, 11) is 0. The SMILES string of the molecule is N#CCOc1ccc(NC(=O)c2ccccn2)cc1. The highest BCUT2D eigenvalue weighted by atomic mass is 16.5. The predicted octanol–water partition coefficient (Wildman–Crippen LogP) is 2.24. The monoisotopic (exact) mass is 253 g/mol. The number of aromatic nitrogens is 1. The van der Waals surface area contributed by atoms with Crippen molar-refractivity contribution < 1.29 is 9.53 Å². The van der Waals surface area contributed by atoms with Crippen LogP contribution in [0.5, 0.6) is 5.75 Å². The van der Waals surface area contributed by atoms with E-state index in [0.29, 0.717) is 17.1 Å². The van der Waals surface area contributed by atoms with E-state index in [9.17, 15) is 4.79 Å². The van der Waals surface area contributed by atoms with Crippen molar-refractivity contribution in [2.75, 3.05) is 11.9 Å². The average Bonchev–Trinajstić information content (AvgIpc) is 2.47. The highest BCUT2D eigenvalue weighted by Gasteiger charge is 2.06. The molecule has 0 radical (unpaired) electrons. The lowest BCUT2D eigenvalue weighted by Crippen LogP contribution is -2.13. The average molecular weight is 253 g/mol. The standard InChI is InChI=1S/C14H11N3O2/c15-8-10-19-12-6-4-11(5-7-12)17-14(18)13-3-1-2-9-16-13/h1-7,9H,10H2,(H,17,18). The van der Waals surface area contributed by atoms with E-state index in [-0.39, 0.29) is 12.5 Å². The Morgan fingerprint density at radius 3 is 2.68 bits per heavy atom. The first-order valence-electron chi connectivity index (χ1n) is 5.62. The first-order chi connectivity index (χ1) is 9.29. The van der Waals surface area contributed by atoms with E-state index in [4.69, 9.17) is 10.00 Å². The van der Waals surface area contributed by atoms with Gasteiger partial charge >= 0.3 is 0 Å². The lowest BCUT2D eigenvalue weighted by Gasteiger charge is -2.06. The molecule has 5 heteroatoms. The van der Waals surface area contributed by atoms with Gasteiger partial charge in [0.25, 0.3) is 5.91 Å². The van der Waals surface area contributed by atoms with Crippen LogP contribution < -0.4 is 10.1 Å². The highest BCUT2D eigenvalue weighted by Crippen LogP contribution is 2.16. The van der Waals surface area contributed by atoms with Crippen molar-refractivity contribution in [1.82, 2.24) is 4.98 Å². The number of carbonyl (C=O) groups excluding carboxylic acids is 1.